The molecule has 0 unspecified atom stereocenters. The molecule has 1 fully saturated rings. The van der Waals surface area contributed by atoms with Crippen LogP contribution in [0.3, 0.4) is 0 Å². The first-order valence-corrected chi connectivity index (χ1v) is 7.95. The smallest absolute Gasteiger partial charge is 0.309 e. The van der Waals surface area contributed by atoms with Crippen LogP contribution in [-0.4, -0.2) is 29.1 Å². The van der Waals surface area contributed by atoms with Crippen LogP contribution in [0, 0.1) is 5.41 Å². The molecular weight excluding hydrogens is 378 g/mol. The summed E-state index contributed by atoms with van der Waals surface area (Å²) in [4.78, 5) is 13.6. The molecule has 0 saturated carbocycles. The Morgan fingerprint density at radius 2 is 2.11 bits per heavy atom. The van der Waals surface area contributed by atoms with Crippen molar-refractivity contribution in [1.29, 1.82) is 0 Å². The van der Waals surface area contributed by atoms with Gasteiger partial charge in [0.15, 0.2) is 4.67 Å². The van der Waals surface area contributed by atoms with Crippen molar-refractivity contribution in [2.75, 3.05) is 13.1 Å². The molecule has 1 aromatic rings. The van der Waals surface area contributed by atoms with Gasteiger partial charge >= 0.3 is 5.97 Å². The van der Waals surface area contributed by atoms with E-state index >= 15 is 0 Å². The summed E-state index contributed by atoms with van der Waals surface area (Å²) >= 11 is 6.71. The van der Waals surface area contributed by atoms with Gasteiger partial charge in [-0.3, -0.25) is 9.69 Å². The lowest BCUT2D eigenvalue weighted by Crippen LogP contribution is -2.43. The second-order valence-corrected chi connectivity index (χ2v) is 6.62. The van der Waals surface area contributed by atoms with Crippen molar-refractivity contribution in [2.24, 2.45) is 5.41 Å². The molecule has 0 atom stereocenters. The highest BCUT2D eigenvalue weighted by molar-refractivity contribution is 9.13. The summed E-state index contributed by atoms with van der Waals surface area (Å²) < 4.78 is 7.17. The number of carboxylic acid groups (broad SMARTS) is 1. The van der Waals surface area contributed by atoms with Gasteiger partial charge in [-0.1, -0.05) is 6.92 Å². The van der Waals surface area contributed by atoms with Crippen LogP contribution in [0.4, 0.5) is 0 Å². The SMILES string of the molecule is CCC1(C(=O)O)CCN(Cc2cc(Br)c(Br)o2)CC1. The van der Waals surface area contributed by atoms with Gasteiger partial charge in [0.2, 0.25) is 0 Å². The van der Waals surface area contributed by atoms with E-state index in [1.165, 1.54) is 0 Å². The molecule has 1 N–H and O–H groups in total. The summed E-state index contributed by atoms with van der Waals surface area (Å²) in [6.45, 7) is 4.29. The van der Waals surface area contributed by atoms with Gasteiger partial charge < -0.3 is 9.52 Å². The molecule has 0 spiro atoms. The third-order valence-electron chi connectivity index (χ3n) is 4.02. The maximum Gasteiger partial charge on any atom is 0.309 e. The van der Waals surface area contributed by atoms with Gasteiger partial charge in [0, 0.05) is 0 Å². The number of furan rings is 1. The number of nitrogens with zero attached hydrogens (tertiary/aromatic N) is 1. The summed E-state index contributed by atoms with van der Waals surface area (Å²) in [5, 5.41) is 9.36. The summed E-state index contributed by atoms with van der Waals surface area (Å²) in [6, 6.07) is 1.95. The molecule has 2 heterocycles. The maximum absolute atomic E-state index is 11.4. The minimum atomic E-state index is -0.655. The number of aliphatic carboxylic acids is 1. The Balaban J connectivity index is 1.95. The largest absolute Gasteiger partial charge is 0.481 e. The van der Waals surface area contributed by atoms with Crippen LogP contribution in [0.1, 0.15) is 31.9 Å². The van der Waals surface area contributed by atoms with Crippen LogP contribution < -0.4 is 0 Å². The van der Waals surface area contributed by atoms with Crippen molar-refractivity contribution in [3.8, 4) is 0 Å². The number of hydrogen-bond acceptors (Lipinski definition) is 3. The second-order valence-electron chi connectivity index (χ2n) is 5.05. The lowest BCUT2D eigenvalue weighted by molar-refractivity contribution is -0.152. The minimum absolute atomic E-state index is 0.527. The van der Waals surface area contributed by atoms with Crippen LogP contribution in [0.15, 0.2) is 19.6 Å². The van der Waals surface area contributed by atoms with Crippen LogP contribution >= 0.6 is 31.9 Å². The predicted molar refractivity (Wildman–Crippen MR) is 79.0 cm³/mol. The second kappa shape index (κ2) is 5.97. The number of carboxylic acids is 1. The summed E-state index contributed by atoms with van der Waals surface area (Å²) in [5.74, 6) is 0.233. The molecular formula is C13H17Br2NO3. The van der Waals surface area contributed by atoms with Gasteiger partial charge in [-0.2, -0.15) is 0 Å². The molecule has 1 aliphatic rings. The zero-order valence-electron chi connectivity index (χ0n) is 10.8. The standard InChI is InChI=1S/C13H17Br2NO3/c1-2-13(12(17)18)3-5-16(6-4-13)8-9-7-10(14)11(15)19-9/h7H,2-6,8H2,1H3,(H,17,18). The van der Waals surface area contributed by atoms with E-state index in [9.17, 15) is 9.90 Å². The van der Waals surface area contributed by atoms with E-state index < -0.39 is 11.4 Å². The average molecular weight is 395 g/mol. The summed E-state index contributed by atoms with van der Waals surface area (Å²) in [7, 11) is 0. The van der Waals surface area contributed by atoms with Gasteiger partial charge in [0.25, 0.3) is 0 Å². The molecule has 1 saturated heterocycles. The highest BCUT2D eigenvalue weighted by Crippen LogP contribution is 2.36. The Hall–Kier alpha value is -0.330. The average Bonchev–Trinajstić information content (AvgIpc) is 2.69. The van der Waals surface area contributed by atoms with Gasteiger partial charge in [-0.25, -0.2) is 0 Å². The van der Waals surface area contributed by atoms with Crippen molar-refractivity contribution in [1.82, 2.24) is 4.90 Å². The predicted octanol–water partition coefficient (Wildman–Crippen LogP) is 3.88. The molecule has 1 aliphatic heterocycles. The summed E-state index contributed by atoms with van der Waals surface area (Å²) in [5.41, 5.74) is -0.527. The number of likely N-dealkylation sites (tertiary alicyclic amines) is 1. The molecule has 2 rings (SSSR count). The fourth-order valence-corrected chi connectivity index (χ4v) is 3.21. The number of halogens is 2. The van der Waals surface area contributed by atoms with Crippen LogP contribution in [0.5, 0.6) is 0 Å². The van der Waals surface area contributed by atoms with E-state index in [2.05, 4.69) is 36.8 Å². The number of carbonyl (C=O) groups is 1. The highest BCUT2D eigenvalue weighted by Gasteiger charge is 2.39. The first kappa shape index (κ1) is 15.1. The number of rotatable bonds is 4. The molecule has 106 valence electrons. The van der Waals surface area contributed by atoms with Gasteiger partial charge in [0.05, 0.1) is 16.4 Å². The monoisotopic (exact) mass is 393 g/mol. The fourth-order valence-electron chi connectivity index (χ4n) is 2.55. The Bertz CT molecular complexity index is 445. The molecule has 6 heteroatoms. The molecule has 0 aromatic carbocycles. The van der Waals surface area contributed by atoms with Crippen LogP contribution in [0.2, 0.25) is 0 Å². The third kappa shape index (κ3) is 3.23. The summed E-state index contributed by atoms with van der Waals surface area (Å²) in [6.07, 6.45) is 2.12. The van der Waals surface area contributed by atoms with E-state index in [1.54, 1.807) is 0 Å². The van der Waals surface area contributed by atoms with Gasteiger partial charge in [0.1, 0.15) is 5.76 Å². The van der Waals surface area contributed by atoms with Crippen molar-refractivity contribution < 1.29 is 14.3 Å². The molecule has 4 nitrogen and oxygen atoms in total. The maximum atomic E-state index is 11.4. The third-order valence-corrected chi connectivity index (χ3v) is 5.73. The van der Waals surface area contributed by atoms with Crippen molar-refractivity contribution in [3.05, 3.63) is 21.0 Å². The van der Waals surface area contributed by atoms with Crippen molar-refractivity contribution >= 4 is 37.8 Å². The Kier molecular flexibility index (Phi) is 4.74. The van der Waals surface area contributed by atoms with Gasteiger partial charge in [-0.15, -0.1) is 0 Å². The normalized spacial score (nSPS) is 19.5. The van der Waals surface area contributed by atoms with Crippen molar-refractivity contribution in [3.63, 3.8) is 0 Å². The quantitative estimate of drug-likeness (QED) is 0.841. The lowest BCUT2D eigenvalue weighted by Gasteiger charge is -2.37. The van der Waals surface area contributed by atoms with Crippen LogP contribution in [0.25, 0.3) is 0 Å². The molecule has 0 bridgehead atoms. The molecule has 0 amide bonds. The van der Waals surface area contributed by atoms with Crippen molar-refractivity contribution in [2.45, 2.75) is 32.7 Å². The number of hydrogen-bond donors (Lipinski definition) is 1. The lowest BCUT2D eigenvalue weighted by atomic mass is 9.76. The Morgan fingerprint density at radius 1 is 1.47 bits per heavy atom. The van der Waals surface area contributed by atoms with Gasteiger partial charge in [-0.05, 0) is 70.3 Å². The van der Waals surface area contributed by atoms with E-state index in [-0.39, 0.29) is 0 Å². The number of piperidine rings is 1. The molecule has 0 aliphatic carbocycles. The van der Waals surface area contributed by atoms with E-state index in [0.717, 1.165) is 29.9 Å². The topological polar surface area (TPSA) is 53.7 Å². The van der Waals surface area contributed by atoms with E-state index in [4.69, 9.17) is 4.42 Å². The Morgan fingerprint density at radius 3 is 2.53 bits per heavy atom. The fraction of sp³-hybridized carbons (Fsp3) is 0.615. The van der Waals surface area contributed by atoms with E-state index in [0.29, 0.717) is 23.9 Å². The van der Waals surface area contributed by atoms with E-state index in [1.807, 2.05) is 13.0 Å². The molecule has 1 aromatic heterocycles. The zero-order chi connectivity index (χ0) is 14.0. The highest BCUT2D eigenvalue weighted by atomic mass is 79.9. The first-order valence-electron chi connectivity index (χ1n) is 6.36. The minimum Gasteiger partial charge on any atom is -0.481 e. The first-order chi connectivity index (χ1) is 8.97. The van der Waals surface area contributed by atoms with Crippen LogP contribution in [-0.2, 0) is 11.3 Å². The zero-order valence-corrected chi connectivity index (χ0v) is 14.0. The Labute approximate surface area is 129 Å². The molecule has 19 heavy (non-hydrogen) atoms. The molecule has 0 radical (unpaired) electrons.